The molecule has 5 heteroatoms. The Morgan fingerprint density at radius 3 is 2.08 bits per heavy atom. The third-order valence-corrected chi connectivity index (χ3v) is 4.11. The van der Waals surface area contributed by atoms with Gasteiger partial charge in [-0.15, -0.1) is 0 Å². The van der Waals surface area contributed by atoms with Gasteiger partial charge in [-0.3, -0.25) is 0 Å². The second-order valence-electron chi connectivity index (χ2n) is 5.43. The smallest absolute Gasteiger partial charge is 0.336 e. The van der Waals surface area contributed by atoms with Crippen molar-refractivity contribution < 1.29 is 24.1 Å². The van der Waals surface area contributed by atoms with Crippen LogP contribution in [0.4, 0.5) is 0 Å². The van der Waals surface area contributed by atoms with E-state index in [0.29, 0.717) is 28.4 Å². The van der Waals surface area contributed by atoms with E-state index in [-0.39, 0.29) is 5.56 Å². The lowest BCUT2D eigenvalue weighted by atomic mass is 9.93. The van der Waals surface area contributed by atoms with Gasteiger partial charge in [0.15, 0.2) is 11.5 Å². The topological polar surface area (TPSA) is 65.0 Å². The average Bonchev–Trinajstić information content (AvgIpc) is 2.65. The van der Waals surface area contributed by atoms with Gasteiger partial charge in [0.05, 0.1) is 26.9 Å². The molecule has 5 nitrogen and oxygen atoms in total. The summed E-state index contributed by atoms with van der Waals surface area (Å²) in [6.45, 7) is 0. The van der Waals surface area contributed by atoms with Crippen molar-refractivity contribution in [2.24, 2.45) is 0 Å². The van der Waals surface area contributed by atoms with Crippen LogP contribution in [0.5, 0.6) is 17.2 Å². The Morgan fingerprint density at radius 1 is 0.880 bits per heavy atom. The number of methoxy groups -OCH3 is 3. The number of carbonyl (C=O) groups is 1. The van der Waals surface area contributed by atoms with E-state index in [1.165, 1.54) is 21.3 Å². The Kier molecular flexibility index (Phi) is 4.48. The molecule has 0 radical (unpaired) electrons. The maximum atomic E-state index is 11.8. The second kappa shape index (κ2) is 6.73. The van der Waals surface area contributed by atoms with Gasteiger partial charge in [0.1, 0.15) is 0 Å². The van der Waals surface area contributed by atoms with E-state index in [9.17, 15) is 9.90 Å². The van der Waals surface area contributed by atoms with Crippen molar-refractivity contribution >= 4 is 16.7 Å². The van der Waals surface area contributed by atoms with Gasteiger partial charge in [-0.05, 0) is 34.5 Å². The molecule has 25 heavy (non-hydrogen) atoms. The number of benzene rings is 3. The maximum absolute atomic E-state index is 11.8. The van der Waals surface area contributed by atoms with Crippen molar-refractivity contribution in [1.29, 1.82) is 0 Å². The highest BCUT2D eigenvalue weighted by atomic mass is 16.5. The van der Waals surface area contributed by atoms with Crippen molar-refractivity contribution in [1.82, 2.24) is 0 Å². The number of aromatic carboxylic acids is 1. The lowest BCUT2D eigenvalue weighted by molar-refractivity contribution is 0.0698. The number of fused-ring (bicyclic) bond motifs is 1. The van der Waals surface area contributed by atoms with Crippen LogP contribution in [0, 0.1) is 0 Å². The third-order valence-electron chi connectivity index (χ3n) is 4.11. The van der Waals surface area contributed by atoms with Crippen molar-refractivity contribution in [3.63, 3.8) is 0 Å². The molecule has 0 amide bonds. The predicted molar refractivity (Wildman–Crippen MR) is 96.0 cm³/mol. The van der Waals surface area contributed by atoms with Gasteiger partial charge in [0.25, 0.3) is 0 Å². The number of carboxylic acid groups (broad SMARTS) is 1. The first kappa shape index (κ1) is 16.6. The molecule has 0 atom stereocenters. The lowest BCUT2D eigenvalue weighted by Crippen LogP contribution is -2.01. The molecular weight excluding hydrogens is 320 g/mol. The number of carboxylic acids is 1. The molecule has 0 bridgehead atoms. The molecule has 0 aliphatic rings. The van der Waals surface area contributed by atoms with Crippen molar-refractivity contribution in [3.8, 4) is 28.4 Å². The summed E-state index contributed by atoms with van der Waals surface area (Å²) in [4.78, 5) is 11.8. The molecule has 0 saturated heterocycles. The van der Waals surface area contributed by atoms with E-state index in [2.05, 4.69) is 0 Å². The van der Waals surface area contributed by atoms with Gasteiger partial charge in [-0.25, -0.2) is 4.79 Å². The highest BCUT2D eigenvalue weighted by molar-refractivity contribution is 6.08. The monoisotopic (exact) mass is 338 g/mol. The van der Waals surface area contributed by atoms with Crippen LogP contribution in [-0.2, 0) is 0 Å². The minimum Gasteiger partial charge on any atom is -0.493 e. The first-order valence-corrected chi connectivity index (χ1v) is 7.66. The van der Waals surface area contributed by atoms with Crippen LogP contribution in [0.2, 0.25) is 0 Å². The zero-order valence-electron chi connectivity index (χ0n) is 14.2. The summed E-state index contributed by atoms with van der Waals surface area (Å²) in [6, 6.07) is 14.6. The fourth-order valence-corrected chi connectivity index (χ4v) is 2.99. The standard InChI is InChI=1S/C20H18O5/c1-23-16-10-13(11-17(24-2)19(16)25-3)18-14-7-5-4-6-12(14)8-9-15(18)20(21)22/h4-11H,1-3H3,(H,21,22). The van der Waals surface area contributed by atoms with E-state index in [4.69, 9.17) is 14.2 Å². The fraction of sp³-hybridized carbons (Fsp3) is 0.150. The minimum atomic E-state index is -0.991. The molecular formula is C20H18O5. The van der Waals surface area contributed by atoms with Crippen LogP contribution < -0.4 is 14.2 Å². The molecule has 3 aromatic rings. The molecule has 0 spiro atoms. The molecule has 0 fully saturated rings. The van der Waals surface area contributed by atoms with Gasteiger partial charge >= 0.3 is 5.97 Å². The average molecular weight is 338 g/mol. The van der Waals surface area contributed by atoms with Crippen LogP contribution in [0.15, 0.2) is 48.5 Å². The van der Waals surface area contributed by atoms with Gasteiger partial charge in [-0.2, -0.15) is 0 Å². The summed E-state index contributed by atoms with van der Waals surface area (Å²) >= 11 is 0. The first-order chi connectivity index (χ1) is 12.1. The van der Waals surface area contributed by atoms with Crippen molar-refractivity contribution in [3.05, 3.63) is 54.1 Å². The highest BCUT2D eigenvalue weighted by Crippen LogP contribution is 2.43. The largest absolute Gasteiger partial charge is 0.493 e. The fourth-order valence-electron chi connectivity index (χ4n) is 2.99. The van der Waals surface area contributed by atoms with Gasteiger partial charge < -0.3 is 19.3 Å². The Bertz CT molecular complexity index is 921. The first-order valence-electron chi connectivity index (χ1n) is 7.66. The van der Waals surface area contributed by atoms with E-state index in [1.807, 2.05) is 24.3 Å². The number of hydrogen-bond acceptors (Lipinski definition) is 4. The van der Waals surface area contributed by atoms with Gasteiger partial charge in [0.2, 0.25) is 5.75 Å². The lowest BCUT2D eigenvalue weighted by Gasteiger charge is -2.16. The Labute approximate surface area is 145 Å². The third kappa shape index (κ3) is 2.85. The van der Waals surface area contributed by atoms with Gasteiger partial charge in [0, 0.05) is 5.56 Å². The minimum absolute atomic E-state index is 0.216. The highest BCUT2D eigenvalue weighted by Gasteiger charge is 2.20. The summed E-state index contributed by atoms with van der Waals surface area (Å²) < 4.78 is 16.1. The molecule has 0 aromatic heterocycles. The van der Waals surface area contributed by atoms with E-state index >= 15 is 0 Å². The number of rotatable bonds is 5. The normalized spacial score (nSPS) is 10.5. The van der Waals surface area contributed by atoms with Crippen LogP contribution in [-0.4, -0.2) is 32.4 Å². The molecule has 0 saturated carbocycles. The zero-order valence-corrected chi connectivity index (χ0v) is 14.2. The Balaban J connectivity index is 2.39. The SMILES string of the molecule is COc1cc(-c2c(C(=O)O)ccc3ccccc23)cc(OC)c1OC. The molecule has 0 heterocycles. The summed E-state index contributed by atoms with van der Waals surface area (Å²) in [6.07, 6.45) is 0. The molecule has 3 rings (SSSR count). The van der Waals surface area contributed by atoms with Crippen molar-refractivity contribution in [2.75, 3.05) is 21.3 Å². The number of ether oxygens (including phenoxy) is 3. The van der Waals surface area contributed by atoms with Crippen LogP contribution in [0.25, 0.3) is 21.9 Å². The molecule has 0 aliphatic carbocycles. The maximum Gasteiger partial charge on any atom is 0.336 e. The molecule has 0 aliphatic heterocycles. The predicted octanol–water partition coefficient (Wildman–Crippen LogP) is 4.23. The summed E-state index contributed by atoms with van der Waals surface area (Å²) in [5.41, 5.74) is 1.52. The van der Waals surface area contributed by atoms with E-state index in [1.54, 1.807) is 24.3 Å². The zero-order chi connectivity index (χ0) is 18.0. The molecule has 128 valence electrons. The summed E-state index contributed by atoms with van der Waals surface area (Å²) in [5.74, 6) is 0.419. The quantitative estimate of drug-likeness (QED) is 0.754. The van der Waals surface area contributed by atoms with Crippen LogP contribution >= 0.6 is 0 Å². The van der Waals surface area contributed by atoms with E-state index < -0.39 is 5.97 Å². The van der Waals surface area contributed by atoms with Crippen molar-refractivity contribution in [2.45, 2.75) is 0 Å². The Hall–Kier alpha value is -3.21. The molecule has 0 unspecified atom stereocenters. The molecule has 1 N–H and O–H groups in total. The molecule has 3 aromatic carbocycles. The van der Waals surface area contributed by atoms with Crippen LogP contribution in [0.1, 0.15) is 10.4 Å². The Morgan fingerprint density at radius 2 is 1.52 bits per heavy atom. The van der Waals surface area contributed by atoms with Gasteiger partial charge in [-0.1, -0.05) is 30.3 Å². The van der Waals surface area contributed by atoms with Crippen LogP contribution in [0.3, 0.4) is 0 Å². The number of hydrogen-bond donors (Lipinski definition) is 1. The summed E-state index contributed by atoms with van der Waals surface area (Å²) in [5, 5.41) is 11.5. The van der Waals surface area contributed by atoms with E-state index in [0.717, 1.165) is 10.8 Å². The summed E-state index contributed by atoms with van der Waals surface area (Å²) in [7, 11) is 4.59. The second-order valence-corrected chi connectivity index (χ2v) is 5.43.